The lowest BCUT2D eigenvalue weighted by atomic mass is 9.91. The molecule has 114 heavy (non-hydrogen) atoms. The molecule has 0 unspecified atom stereocenters. The van der Waals surface area contributed by atoms with Gasteiger partial charge in [0.2, 0.25) is 94.5 Å². The molecule has 0 saturated carbocycles. The van der Waals surface area contributed by atoms with Gasteiger partial charge in [-0.05, 0) is 123 Å². The number of benzene rings is 4. The lowest BCUT2D eigenvalue weighted by Gasteiger charge is -2.34. The predicted octanol–water partition coefficient (Wildman–Crippen LogP) is -4.10. The number of halogens is 2. The smallest absolute Gasteiger partial charge is 0.303 e. The van der Waals surface area contributed by atoms with E-state index < -0.39 is 236 Å². The summed E-state index contributed by atoms with van der Waals surface area (Å²) in [7, 11) is 0. The van der Waals surface area contributed by atoms with Gasteiger partial charge in [-0.1, -0.05) is 83.9 Å². The van der Waals surface area contributed by atoms with Crippen LogP contribution in [0.5, 0.6) is 5.75 Å². The fourth-order valence-electron chi connectivity index (χ4n) is 11.6. The number of thioether (sulfide) groups is 1. The number of ether oxygens (including phenoxy) is 1. The Morgan fingerprint density at radius 2 is 1.22 bits per heavy atom. The Labute approximate surface area is 669 Å². The van der Waals surface area contributed by atoms with Crippen molar-refractivity contribution in [1.82, 2.24) is 63.8 Å². The third-order valence-electron chi connectivity index (χ3n) is 17.7. The van der Waals surface area contributed by atoms with Crippen molar-refractivity contribution in [3.05, 3.63) is 112 Å². The predicted molar refractivity (Wildman–Crippen MR) is 416 cm³/mol. The van der Waals surface area contributed by atoms with E-state index >= 15 is 19.2 Å². The fourth-order valence-corrected chi connectivity index (χ4v) is 13.0. The molecule has 1 aliphatic heterocycles. The van der Waals surface area contributed by atoms with E-state index in [2.05, 4.69) is 63.8 Å². The number of carbonyl (C=O) groups excluding carboxylic acids is 16. The van der Waals surface area contributed by atoms with Crippen LogP contribution in [0.1, 0.15) is 114 Å². The van der Waals surface area contributed by atoms with Gasteiger partial charge in [-0.2, -0.15) is 11.8 Å². The van der Waals surface area contributed by atoms with Crippen molar-refractivity contribution in [2.45, 2.75) is 176 Å². The van der Waals surface area contributed by atoms with E-state index in [4.69, 9.17) is 62.3 Å². The summed E-state index contributed by atoms with van der Waals surface area (Å²) in [6.07, 6.45) is -7.17. The maximum Gasteiger partial charge on any atom is 0.303 e. The number of hydrogen-bond acceptors (Lipinski definition) is 22. The summed E-state index contributed by atoms with van der Waals surface area (Å²) < 4.78 is 5.69. The zero-order chi connectivity index (χ0) is 84.5. The number of carboxylic acid groups (broad SMARTS) is 1. The van der Waals surface area contributed by atoms with Gasteiger partial charge in [0, 0.05) is 51.3 Å². The number of amides is 16. The molecule has 41 heteroatoms. The minimum absolute atomic E-state index is 0.0214. The Hall–Kier alpha value is -11.3. The van der Waals surface area contributed by atoms with Crippen LogP contribution in [-0.2, 0) is 94.3 Å². The number of unbranched alkanes of at least 4 members (excludes halogenated alkanes) is 1. The molecular weight excluding hydrogens is 1550 g/mol. The minimum atomic E-state index is -2.10. The maximum atomic E-state index is 15.6. The van der Waals surface area contributed by atoms with Crippen molar-refractivity contribution >= 4 is 146 Å². The van der Waals surface area contributed by atoms with Gasteiger partial charge in [0.1, 0.15) is 78.3 Å². The maximum absolute atomic E-state index is 15.6. The molecule has 620 valence electrons. The molecule has 1 fully saturated rings. The molecule has 1 saturated heterocycles. The van der Waals surface area contributed by atoms with Crippen LogP contribution in [0.4, 0.5) is 0 Å². The molecule has 0 radical (unpaired) electrons. The molecular formula is C73H98Cl2N18O20S. The largest absolute Gasteiger partial charge is 0.492 e. The summed E-state index contributed by atoms with van der Waals surface area (Å²) in [6, 6.07) is 4.28. The van der Waals surface area contributed by atoms with E-state index in [-0.39, 0.29) is 73.2 Å². The highest BCUT2D eigenvalue weighted by atomic mass is 35.5. The number of aliphatic carboxylic acids is 1. The molecule has 26 N–H and O–H groups in total. The zero-order valence-electron chi connectivity index (χ0n) is 62.7. The number of rotatable bonds is 38. The lowest BCUT2D eigenvalue weighted by Crippen LogP contribution is -2.64. The molecule has 12 atom stereocenters. The topological polar surface area (TPSA) is 640 Å². The van der Waals surface area contributed by atoms with Crippen LogP contribution >= 0.6 is 35.0 Å². The van der Waals surface area contributed by atoms with Gasteiger partial charge in [-0.25, -0.2) is 0 Å². The van der Waals surface area contributed by atoms with Crippen molar-refractivity contribution in [2.24, 2.45) is 34.4 Å². The van der Waals surface area contributed by atoms with Gasteiger partial charge in [0.25, 0.3) is 0 Å². The Morgan fingerprint density at radius 1 is 0.614 bits per heavy atom. The third kappa shape index (κ3) is 31.0. The Bertz CT molecular complexity index is 4160. The van der Waals surface area contributed by atoms with Crippen molar-refractivity contribution < 1.29 is 96.5 Å². The highest BCUT2D eigenvalue weighted by Crippen LogP contribution is 2.28. The highest BCUT2D eigenvalue weighted by molar-refractivity contribution is 7.99. The second kappa shape index (κ2) is 46.0. The molecule has 0 spiro atoms. The summed E-state index contributed by atoms with van der Waals surface area (Å²) in [6.45, 7) is 3.03. The molecule has 0 aromatic heterocycles. The van der Waals surface area contributed by atoms with E-state index in [1.807, 2.05) is 6.07 Å². The number of aliphatic hydroxyl groups is 1. The molecule has 4 aromatic rings. The van der Waals surface area contributed by atoms with Crippen molar-refractivity contribution in [2.75, 3.05) is 37.7 Å². The first kappa shape index (κ1) is 93.3. The van der Waals surface area contributed by atoms with E-state index in [9.17, 15) is 72.5 Å². The summed E-state index contributed by atoms with van der Waals surface area (Å²) >= 11 is 13.6. The summed E-state index contributed by atoms with van der Waals surface area (Å²) in [4.78, 5) is 235. The van der Waals surface area contributed by atoms with Crippen molar-refractivity contribution in [1.29, 1.82) is 0 Å². The second-order valence-electron chi connectivity index (χ2n) is 27.1. The molecule has 4 aromatic carbocycles. The molecule has 1 heterocycles. The van der Waals surface area contributed by atoms with Crippen LogP contribution < -0.4 is 103 Å². The summed E-state index contributed by atoms with van der Waals surface area (Å²) in [5.41, 5.74) is 31.7. The Kier molecular flexibility index (Phi) is 37.7. The molecule has 0 bridgehead atoms. The molecule has 38 nitrogen and oxygen atoms in total. The van der Waals surface area contributed by atoms with E-state index in [1.165, 1.54) is 37.3 Å². The first-order chi connectivity index (χ1) is 53.9. The normalized spacial score (nSPS) is 19.0. The number of primary amides is 4. The molecule has 1 aliphatic rings. The third-order valence-corrected chi connectivity index (χ3v) is 19.6. The number of hydrogen-bond donors (Lipinski definition) is 20. The van der Waals surface area contributed by atoms with Gasteiger partial charge < -0.3 is 113 Å². The monoisotopic (exact) mass is 1650 g/mol. The van der Waals surface area contributed by atoms with Crippen LogP contribution in [0.3, 0.4) is 0 Å². The van der Waals surface area contributed by atoms with Gasteiger partial charge >= 0.3 is 5.97 Å². The number of carbonyl (C=O) groups is 17. The van der Waals surface area contributed by atoms with Gasteiger partial charge in [-0.15, -0.1) is 0 Å². The average molecular weight is 1650 g/mol. The standard InChI is InChI=1S/C73H98Cl2N18O20S/c1-37(94)60-70(110)92-61(43-14-17-45(74)46(75)33-43)71(111)85-47(18-21-55(78)96)63(103)89-54(36-114-29-24-50(83-38(2)95)65(105)84-48(66(106)91-60)19-22-56(79)97)68(108)86-51(31-39-11-15-44(16-12-39)113-28-27-77)67(107)87-52(32-40-10-13-41-8-4-5-9-42(41)30-40)69(109)93-73(3,25-6-7-26-76)72(112)90-49(20-23-59(100)101)64(104)88-53(34-57(80)98)62(102)82-35-58(81)99/h4-5,8-17,30,33,37,47-54,60-61,94H,6-7,18-29,31-32,34-36,76-77H2,1-3H3,(H2,78,96)(H2,79,97)(H2,80,98)(H2,81,99)(H,82,102)(H,83,95)(H,84,105)(H,85,111)(H,86,108)(H,87,107)(H,88,104)(H,89,103)(H,90,112)(H,91,106)(H,92,110)(H,93,109)(H,100,101)/t37-,47+,48+,49+,50+,51+,52+,53+,54+,60+,61+,73+/m1/s1. The van der Waals surface area contributed by atoms with Gasteiger partial charge in [-0.3, -0.25) is 81.5 Å². The number of nitrogens with one attached hydrogen (secondary N) is 12. The van der Waals surface area contributed by atoms with Crippen LogP contribution in [0.2, 0.25) is 10.0 Å². The lowest BCUT2D eigenvalue weighted by molar-refractivity contribution is -0.140. The van der Waals surface area contributed by atoms with Crippen LogP contribution in [-0.4, -0.2) is 214 Å². The van der Waals surface area contributed by atoms with E-state index in [0.717, 1.165) is 31.0 Å². The zero-order valence-corrected chi connectivity index (χ0v) is 65.1. The van der Waals surface area contributed by atoms with E-state index in [0.29, 0.717) is 22.3 Å². The van der Waals surface area contributed by atoms with Crippen LogP contribution in [0, 0.1) is 0 Å². The Balaban J connectivity index is 1.67. The van der Waals surface area contributed by atoms with Crippen LogP contribution in [0.15, 0.2) is 84.9 Å². The second-order valence-corrected chi connectivity index (χ2v) is 29.1. The average Bonchev–Trinajstić information content (AvgIpc) is 0.813. The molecule has 16 amide bonds. The van der Waals surface area contributed by atoms with Crippen molar-refractivity contribution in [3.8, 4) is 5.75 Å². The highest BCUT2D eigenvalue weighted by Gasteiger charge is 2.42. The number of carboxylic acids is 1. The van der Waals surface area contributed by atoms with Crippen LogP contribution in [0.25, 0.3) is 10.8 Å². The summed E-state index contributed by atoms with van der Waals surface area (Å²) in [5, 5.41) is 51.8. The summed E-state index contributed by atoms with van der Waals surface area (Å²) in [5.74, 6) is -19.0. The fraction of sp³-hybridized carbons (Fsp3) is 0.466. The number of nitrogens with two attached hydrogens (primary N) is 6. The molecule has 5 rings (SSSR count). The quantitative estimate of drug-likeness (QED) is 0.0190. The number of aliphatic hydroxyl groups excluding tert-OH is 1. The SMILES string of the molecule is CC(=O)N[C@H]1CCSC[C@@H](C(=O)N[C@@H](Cc2ccc(OCCN)cc2)C(=O)N[C@@H](Cc2ccc3ccccc3c2)C(=O)N[C@@](C)(CCCCN)C(=O)N[C@@H](CCC(=O)O)C(=O)N[C@@H](CC(N)=O)C(=O)NCC(N)=O)NC(=O)[C@H](CCC(N)=O)NC(=O)[C@H](c2ccc(Cl)c(Cl)c2)NC(=O)[C@H]([C@@H](C)O)NC(=O)[C@H](CCC(N)=O)NC1=O. The Morgan fingerprint density at radius 3 is 1.82 bits per heavy atom. The van der Waals surface area contributed by atoms with E-state index in [1.54, 1.807) is 48.5 Å². The van der Waals surface area contributed by atoms with Gasteiger partial charge in [0.15, 0.2) is 0 Å². The molecule has 0 aliphatic carbocycles. The van der Waals surface area contributed by atoms with Gasteiger partial charge in [0.05, 0.1) is 29.1 Å². The van der Waals surface area contributed by atoms with Crippen molar-refractivity contribution in [3.63, 3.8) is 0 Å². The minimum Gasteiger partial charge on any atom is -0.492 e. The first-order valence-corrected chi connectivity index (χ1v) is 38.1. The number of fused-ring (bicyclic) bond motifs is 1. The first-order valence-electron chi connectivity index (χ1n) is 36.2.